The fraction of sp³-hybridized carbons (Fsp3) is 0.188. The number of anilines is 1. The minimum atomic E-state index is -0.969. The van der Waals surface area contributed by atoms with Gasteiger partial charge in [-0.1, -0.05) is 18.2 Å². The Bertz CT molecular complexity index is 795. The van der Waals surface area contributed by atoms with Crippen molar-refractivity contribution in [3.05, 3.63) is 69.8 Å². The zero-order chi connectivity index (χ0) is 16.6. The van der Waals surface area contributed by atoms with Crippen LogP contribution in [0.5, 0.6) is 0 Å². The molecule has 1 amide bonds. The summed E-state index contributed by atoms with van der Waals surface area (Å²) in [4.78, 5) is 22.0. The molecule has 0 radical (unpaired) electrons. The Morgan fingerprint density at radius 1 is 1.17 bits per heavy atom. The van der Waals surface area contributed by atoms with Gasteiger partial charge in [-0.05, 0) is 36.1 Å². The van der Waals surface area contributed by atoms with Gasteiger partial charge in [0.25, 0.3) is 0 Å². The van der Waals surface area contributed by atoms with Gasteiger partial charge in [0.05, 0.1) is 4.92 Å². The average Bonchev–Trinajstić information content (AvgIpc) is 3.30. The van der Waals surface area contributed by atoms with Crippen molar-refractivity contribution in [3.8, 4) is 0 Å². The number of benzene rings is 2. The van der Waals surface area contributed by atoms with Crippen molar-refractivity contribution < 1.29 is 18.5 Å². The zero-order valence-electron chi connectivity index (χ0n) is 11.8. The van der Waals surface area contributed by atoms with Gasteiger partial charge in [-0.2, -0.15) is 4.39 Å². The van der Waals surface area contributed by atoms with E-state index in [0.717, 1.165) is 12.1 Å². The van der Waals surface area contributed by atoms with E-state index in [9.17, 15) is 23.7 Å². The van der Waals surface area contributed by atoms with Crippen LogP contribution in [0.4, 0.5) is 20.2 Å². The number of nitrogens with one attached hydrogen (secondary N) is 1. The summed E-state index contributed by atoms with van der Waals surface area (Å²) in [5.74, 6) is -2.28. The number of halogens is 2. The first-order valence-corrected chi connectivity index (χ1v) is 6.96. The molecule has 0 aliphatic heterocycles. The van der Waals surface area contributed by atoms with Crippen molar-refractivity contribution in [1.82, 2.24) is 0 Å². The Morgan fingerprint density at radius 3 is 2.61 bits per heavy atom. The molecule has 1 aliphatic carbocycles. The summed E-state index contributed by atoms with van der Waals surface area (Å²) in [6.45, 7) is 0. The van der Waals surface area contributed by atoms with Crippen LogP contribution in [0.2, 0.25) is 0 Å². The molecular formula is C16H12F2N2O3. The molecular weight excluding hydrogens is 306 g/mol. The molecule has 1 N–H and O–H groups in total. The van der Waals surface area contributed by atoms with E-state index in [4.69, 9.17) is 0 Å². The number of rotatable bonds is 4. The number of hydrogen-bond acceptors (Lipinski definition) is 3. The summed E-state index contributed by atoms with van der Waals surface area (Å²) in [6, 6.07) is 9.40. The Morgan fingerprint density at radius 2 is 1.91 bits per heavy atom. The molecule has 2 unspecified atom stereocenters. The molecule has 5 nitrogen and oxygen atoms in total. The fourth-order valence-electron chi connectivity index (χ4n) is 2.57. The predicted octanol–water partition coefficient (Wildman–Crippen LogP) is 3.62. The van der Waals surface area contributed by atoms with Crippen LogP contribution in [0.3, 0.4) is 0 Å². The molecule has 0 spiro atoms. The highest BCUT2D eigenvalue weighted by atomic mass is 19.1. The third-order valence-corrected chi connectivity index (χ3v) is 3.84. The van der Waals surface area contributed by atoms with Gasteiger partial charge in [0, 0.05) is 17.7 Å². The lowest BCUT2D eigenvalue weighted by atomic mass is 10.1. The quantitative estimate of drug-likeness (QED) is 0.691. The van der Waals surface area contributed by atoms with Crippen molar-refractivity contribution in [2.75, 3.05) is 5.32 Å². The summed E-state index contributed by atoms with van der Waals surface area (Å²) in [7, 11) is 0. The number of carbonyl (C=O) groups is 1. The molecule has 2 aromatic carbocycles. The maximum absolute atomic E-state index is 13.7. The van der Waals surface area contributed by atoms with Gasteiger partial charge in [-0.25, -0.2) is 4.39 Å². The van der Waals surface area contributed by atoms with Crippen LogP contribution in [0.15, 0.2) is 42.5 Å². The first kappa shape index (κ1) is 15.1. The second-order valence-electron chi connectivity index (χ2n) is 5.38. The molecule has 23 heavy (non-hydrogen) atoms. The SMILES string of the molecule is O=C(Nc1ccc(F)c([N+](=O)[O-])c1)C1CC1c1ccccc1F. The van der Waals surface area contributed by atoms with Crippen LogP contribution in [-0.4, -0.2) is 10.8 Å². The molecule has 3 rings (SSSR count). The maximum atomic E-state index is 13.7. The molecule has 7 heteroatoms. The van der Waals surface area contributed by atoms with E-state index < -0.39 is 22.3 Å². The minimum Gasteiger partial charge on any atom is -0.326 e. The monoisotopic (exact) mass is 318 g/mol. The molecule has 2 aromatic rings. The second-order valence-corrected chi connectivity index (χ2v) is 5.38. The van der Waals surface area contributed by atoms with Crippen LogP contribution >= 0.6 is 0 Å². The van der Waals surface area contributed by atoms with E-state index in [-0.39, 0.29) is 23.3 Å². The molecule has 2 atom stereocenters. The summed E-state index contributed by atoms with van der Waals surface area (Å²) in [5.41, 5.74) is -0.0794. The number of hydrogen-bond donors (Lipinski definition) is 1. The molecule has 1 aliphatic rings. The van der Waals surface area contributed by atoms with Gasteiger partial charge in [-0.3, -0.25) is 14.9 Å². The van der Waals surface area contributed by atoms with Gasteiger partial charge < -0.3 is 5.32 Å². The van der Waals surface area contributed by atoms with Crippen molar-refractivity contribution in [1.29, 1.82) is 0 Å². The van der Waals surface area contributed by atoms with E-state index in [0.29, 0.717) is 12.0 Å². The van der Waals surface area contributed by atoms with Crippen molar-refractivity contribution >= 4 is 17.3 Å². The van der Waals surface area contributed by atoms with Crippen molar-refractivity contribution in [3.63, 3.8) is 0 Å². The molecule has 0 heterocycles. The number of nitrogens with zero attached hydrogens (tertiary/aromatic N) is 1. The van der Waals surface area contributed by atoms with Crippen LogP contribution in [0, 0.1) is 27.7 Å². The lowest BCUT2D eigenvalue weighted by Gasteiger charge is -2.06. The van der Waals surface area contributed by atoms with E-state index in [1.165, 1.54) is 12.1 Å². The van der Waals surface area contributed by atoms with Crippen LogP contribution in [0.25, 0.3) is 0 Å². The number of carbonyl (C=O) groups excluding carboxylic acids is 1. The highest BCUT2D eigenvalue weighted by Crippen LogP contribution is 2.48. The zero-order valence-corrected chi connectivity index (χ0v) is 11.8. The third kappa shape index (κ3) is 3.03. The van der Waals surface area contributed by atoms with Gasteiger partial charge in [0.1, 0.15) is 5.82 Å². The highest BCUT2D eigenvalue weighted by Gasteiger charge is 2.45. The number of nitro benzene ring substituents is 1. The lowest BCUT2D eigenvalue weighted by Crippen LogP contribution is -2.15. The fourth-order valence-corrected chi connectivity index (χ4v) is 2.57. The summed E-state index contributed by atoms with van der Waals surface area (Å²) in [6.07, 6.45) is 0.510. The van der Waals surface area contributed by atoms with E-state index in [1.807, 2.05) is 0 Å². The minimum absolute atomic E-state index is 0.141. The van der Waals surface area contributed by atoms with E-state index in [1.54, 1.807) is 18.2 Å². The molecule has 1 fully saturated rings. The standard InChI is InChI=1S/C16H12F2N2O3/c17-13-4-2-1-3-10(13)11-8-12(11)16(21)19-9-5-6-14(18)15(7-9)20(22)23/h1-7,11-12H,8H2,(H,19,21). The topological polar surface area (TPSA) is 72.2 Å². The van der Waals surface area contributed by atoms with Crippen LogP contribution in [0.1, 0.15) is 17.9 Å². The van der Waals surface area contributed by atoms with Crippen LogP contribution in [-0.2, 0) is 4.79 Å². The number of amides is 1. The number of nitro groups is 1. The molecule has 0 bridgehead atoms. The third-order valence-electron chi connectivity index (χ3n) is 3.84. The predicted molar refractivity (Wildman–Crippen MR) is 78.9 cm³/mol. The van der Waals surface area contributed by atoms with Crippen molar-refractivity contribution in [2.45, 2.75) is 12.3 Å². The summed E-state index contributed by atoms with van der Waals surface area (Å²) < 4.78 is 26.9. The summed E-state index contributed by atoms with van der Waals surface area (Å²) >= 11 is 0. The highest BCUT2D eigenvalue weighted by molar-refractivity contribution is 5.95. The van der Waals surface area contributed by atoms with Gasteiger partial charge in [0.2, 0.25) is 11.7 Å². The van der Waals surface area contributed by atoms with Gasteiger partial charge in [-0.15, -0.1) is 0 Å². The van der Waals surface area contributed by atoms with E-state index in [2.05, 4.69) is 5.32 Å². The largest absolute Gasteiger partial charge is 0.326 e. The summed E-state index contributed by atoms with van der Waals surface area (Å²) in [5, 5.41) is 13.2. The van der Waals surface area contributed by atoms with E-state index >= 15 is 0 Å². The molecule has 0 aromatic heterocycles. The second kappa shape index (κ2) is 5.75. The van der Waals surface area contributed by atoms with Gasteiger partial charge in [0.15, 0.2) is 0 Å². The smallest absolute Gasteiger partial charge is 0.306 e. The Labute approximate surface area is 130 Å². The Kier molecular flexibility index (Phi) is 3.77. The maximum Gasteiger partial charge on any atom is 0.306 e. The molecule has 0 saturated heterocycles. The first-order valence-electron chi connectivity index (χ1n) is 6.96. The van der Waals surface area contributed by atoms with Crippen LogP contribution < -0.4 is 5.32 Å². The molecule has 1 saturated carbocycles. The average molecular weight is 318 g/mol. The Balaban J connectivity index is 1.71. The normalized spacial score (nSPS) is 19.2. The first-order chi connectivity index (χ1) is 11.0. The Hall–Kier alpha value is -2.83. The lowest BCUT2D eigenvalue weighted by molar-refractivity contribution is -0.387. The van der Waals surface area contributed by atoms with Crippen molar-refractivity contribution in [2.24, 2.45) is 5.92 Å². The molecule has 118 valence electrons. The van der Waals surface area contributed by atoms with Gasteiger partial charge >= 0.3 is 5.69 Å².